The minimum Gasteiger partial charge on any atom is -0.490 e. The van der Waals surface area contributed by atoms with Gasteiger partial charge in [-0.3, -0.25) is 14.5 Å². The fourth-order valence-electron chi connectivity index (χ4n) is 4.29. The lowest BCUT2D eigenvalue weighted by molar-refractivity contribution is 0.0969. The number of aromatic nitrogens is 2. The number of ether oxygens (including phenoxy) is 2. The predicted molar refractivity (Wildman–Crippen MR) is 136 cm³/mol. The molecule has 2 aromatic carbocycles. The quantitative estimate of drug-likeness (QED) is 0.289. The number of carbonyl (C=O) groups is 1. The van der Waals surface area contributed by atoms with E-state index in [-0.39, 0.29) is 28.3 Å². The number of anilines is 1. The highest BCUT2D eigenvalue weighted by molar-refractivity contribution is 6.31. The molecule has 0 bridgehead atoms. The third-order valence-electron chi connectivity index (χ3n) is 5.94. The zero-order chi connectivity index (χ0) is 25.2. The summed E-state index contributed by atoms with van der Waals surface area (Å²) in [6.07, 6.45) is 4.99. The Balaban J connectivity index is 1.71. The summed E-state index contributed by atoms with van der Waals surface area (Å²) in [5, 5.41) is 0.686. The van der Waals surface area contributed by atoms with E-state index in [1.807, 2.05) is 13.0 Å². The summed E-state index contributed by atoms with van der Waals surface area (Å²) in [6.45, 7) is 4.95. The molecule has 1 aliphatic rings. The molecule has 1 unspecified atom stereocenters. The number of hydrogen-bond donors (Lipinski definition) is 0. The van der Waals surface area contributed by atoms with Crippen LogP contribution in [0, 0.1) is 0 Å². The summed E-state index contributed by atoms with van der Waals surface area (Å²) < 4.78 is 17.7. The van der Waals surface area contributed by atoms with E-state index in [0.29, 0.717) is 40.7 Å². The molecule has 1 amide bonds. The maximum atomic E-state index is 13.7. The van der Waals surface area contributed by atoms with Crippen molar-refractivity contribution in [3.63, 3.8) is 0 Å². The van der Waals surface area contributed by atoms with Gasteiger partial charge in [0.2, 0.25) is 11.7 Å². The number of rotatable bonds is 8. The van der Waals surface area contributed by atoms with Gasteiger partial charge in [-0.25, -0.2) is 9.97 Å². The Hall–Kier alpha value is -3.91. The van der Waals surface area contributed by atoms with E-state index >= 15 is 0 Å². The summed E-state index contributed by atoms with van der Waals surface area (Å²) in [5.41, 5.74) is 0.770. The molecule has 0 saturated heterocycles. The molecule has 8 nitrogen and oxygen atoms in total. The third kappa shape index (κ3) is 4.18. The molecule has 0 radical (unpaired) electrons. The van der Waals surface area contributed by atoms with Crippen molar-refractivity contribution < 1.29 is 18.7 Å². The van der Waals surface area contributed by atoms with Gasteiger partial charge < -0.3 is 13.9 Å². The normalized spacial score (nSPS) is 14.8. The first-order valence-electron chi connectivity index (χ1n) is 11.8. The molecule has 0 N–H and O–H groups in total. The fraction of sp³-hybridized carbons (Fsp3) is 0.259. The Bertz CT molecular complexity index is 1490. The van der Waals surface area contributed by atoms with Crippen LogP contribution < -0.4 is 19.8 Å². The van der Waals surface area contributed by atoms with Gasteiger partial charge in [0.1, 0.15) is 5.58 Å². The average molecular weight is 506 g/mol. The Kier molecular flexibility index (Phi) is 6.61. The van der Waals surface area contributed by atoms with Crippen LogP contribution in [0.2, 0.25) is 5.02 Å². The minimum atomic E-state index is -0.835. The molecule has 184 valence electrons. The van der Waals surface area contributed by atoms with Gasteiger partial charge in [0.25, 0.3) is 5.91 Å². The van der Waals surface area contributed by atoms with Gasteiger partial charge in [0.15, 0.2) is 16.9 Å². The Morgan fingerprint density at radius 1 is 1.03 bits per heavy atom. The van der Waals surface area contributed by atoms with Crippen LogP contribution in [0.15, 0.2) is 64.1 Å². The molecule has 0 fully saturated rings. The molecular weight excluding hydrogens is 482 g/mol. The molecule has 1 aliphatic heterocycles. The molecule has 5 rings (SSSR count). The molecule has 0 aliphatic carbocycles. The zero-order valence-corrected chi connectivity index (χ0v) is 20.6. The van der Waals surface area contributed by atoms with E-state index in [2.05, 4.69) is 16.9 Å². The van der Waals surface area contributed by atoms with E-state index in [9.17, 15) is 9.59 Å². The SMILES string of the molecule is CCCCOc1ccc(C2c3c(oc4ccc(Cl)cc4c3=O)C(=O)N2c2ncccn2)cc1OCC. The number of amides is 1. The van der Waals surface area contributed by atoms with E-state index in [4.69, 9.17) is 25.5 Å². The molecule has 36 heavy (non-hydrogen) atoms. The minimum absolute atomic E-state index is 0.0477. The highest BCUT2D eigenvalue weighted by Gasteiger charge is 2.45. The van der Waals surface area contributed by atoms with Crippen LogP contribution >= 0.6 is 11.6 Å². The monoisotopic (exact) mass is 505 g/mol. The molecule has 2 aromatic heterocycles. The van der Waals surface area contributed by atoms with E-state index in [1.165, 1.54) is 17.3 Å². The molecule has 0 saturated carbocycles. The molecule has 1 atom stereocenters. The average Bonchev–Trinajstić information content (AvgIpc) is 3.18. The van der Waals surface area contributed by atoms with Crippen LogP contribution in [-0.2, 0) is 0 Å². The Morgan fingerprint density at radius 3 is 2.58 bits per heavy atom. The van der Waals surface area contributed by atoms with Crippen LogP contribution in [0.1, 0.15) is 54.4 Å². The van der Waals surface area contributed by atoms with Gasteiger partial charge in [0.05, 0.1) is 30.2 Å². The van der Waals surface area contributed by atoms with Crippen molar-refractivity contribution in [1.82, 2.24) is 9.97 Å². The van der Waals surface area contributed by atoms with Crippen LogP contribution in [-0.4, -0.2) is 29.1 Å². The van der Waals surface area contributed by atoms with Crippen LogP contribution in [0.4, 0.5) is 5.95 Å². The standard InChI is InChI=1S/C27H24ClN3O5/c1-3-5-13-35-20-9-7-16(14-21(20)34-4-2)23-22-24(32)18-15-17(28)8-10-19(18)36-25(22)26(33)31(23)27-29-11-6-12-30-27/h6-12,14-15,23H,3-5,13H2,1-2H3. The van der Waals surface area contributed by atoms with E-state index < -0.39 is 11.9 Å². The molecule has 0 spiro atoms. The first-order chi connectivity index (χ1) is 17.5. The number of halogens is 1. The van der Waals surface area contributed by atoms with Gasteiger partial charge in [-0.15, -0.1) is 0 Å². The smallest absolute Gasteiger partial charge is 0.297 e. The highest BCUT2D eigenvalue weighted by atomic mass is 35.5. The summed E-state index contributed by atoms with van der Waals surface area (Å²) in [4.78, 5) is 37.3. The first-order valence-corrected chi connectivity index (χ1v) is 12.2. The van der Waals surface area contributed by atoms with Crippen molar-refractivity contribution in [2.24, 2.45) is 0 Å². The lowest BCUT2D eigenvalue weighted by Crippen LogP contribution is -2.31. The van der Waals surface area contributed by atoms with Gasteiger partial charge in [-0.05, 0) is 55.3 Å². The van der Waals surface area contributed by atoms with Gasteiger partial charge in [-0.2, -0.15) is 0 Å². The largest absolute Gasteiger partial charge is 0.490 e. The number of fused-ring (bicyclic) bond motifs is 2. The third-order valence-corrected chi connectivity index (χ3v) is 6.17. The predicted octanol–water partition coefficient (Wildman–Crippen LogP) is 5.56. The number of benzene rings is 2. The second kappa shape index (κ2) is 9.99. The summed E-state index contributed by atoms with van der Waals surface area (Å²) in [5.74, 6) is 0.721. The fourth-order valence-corrected chi connectivity index (χ4v) is 4.46. The van der Waals surface area contributed by atoms with E-state index in [0.717, 1.165) is 12.8 Å². The number of carbonyl (C=O) groups excluding carboxylic acids is 1. The molecule has 3 heterocycles. The first kappa shape index (κ1) is 23.8. The number of unbranched alkanes of at least 4 members (excludes halogenated alkanes) is 1. The van der Waals surface area contributed by atoms with Crippen molar-refractivity contribution in [1.29, 1.82) is 0 Å². The van der Waals surface area contributed by atoms with Gasteiger partial charge >= 0.3 is 0 Å². The number of hydrogen-bond acceptors (Lipinski definition) is 7. The Morgan fingerprint density at radius 2 is 1.83 bits per heavy atom. The molecular formula is C27H24ClN3O5. The van der Waals surface area contributed by atoms with Crippen LogP contribution in [0.5, 0.6) is 11.5 Å². The van der Waals surface area contributed by atoms with Crippen molar-refractivity contribution in [3.8, 4) is 11.5 Å². The lowest BCUT2D eigenvalue weighted by atomic mass is 9.98. The maximum absolute atomic E-state index is 13.7. The van der Waals surface area contributed by atoms with Crippen molar-refractivity contribution in [2.45, 2.75) is 32.7 Å². The second-order valence-electron chi connectivity index (χ2n) is 8.28. The molecule has 4 aromatic rings. The highest BCUT2D eigenvalue weighted by Crippen LogP contribution is 2.42. The van der Waals surface area contributed by atoms with Crippen molar-refractivity contribution >= 4 is 34.4 Å². The van der Waals surface area contributed by atoms with Crippen molar-refractivity contribution in [2.75, 3.05) is 18.1 Å². The second-order valence-corrected chi connectivity index (χ2v) is 8.72. The Labute approximate surface area is 212 Å². The summed E-state index contributed by atoms with van der Waals surface area (Å²) in [7, 11) is 0. The maximum Gasteiger partial charge on any atom is 0.297 e. The van der Waals surface area contributed by atoms with Gasteiger partial charge in [-0.1, -0.05) is 31.0 Å². The summed E-state index contributed by atoms with van der Waals surface area (Å²) >= 11 is 6.16. The number of nitrogens with zero attached hydrogens (tertiary/aromatic N) is 3. The van der Waals surface area contributed by atoms with E-state index in [1.54, 1.807) is 36.4 Å². The summed E-state index contributed by atoms with van der Waals surface area (Å²) in [6, 6.07) is 11.0. The lowest BCUT2D eigenvalue weighted by Gasteiger charge is -2.24. The van der Waals surface area contributed by atoms with Gasteiger partial charge in [0, 0.05) is 17.4 Å². The molecule has 9 heteroatoms. The van der Waals surface area contributed by atoms with Crippen molar-refractivity contribution in [3.05, 3.63) is 87.0 Å². The topological polar surface area (TPSA) is 94.8 Å². The zero-order valence-electron chi connectivity index (χ0n) is 19.9. The van der Waals surface area contributed by atoms with Crippen LogP contribution in [0.25, 0.3) is 11.0 Å². The van der Waals surface area contributed by atoms with Crippen LogP contribution in [0.3, 0.4) is 0 Å².